The zero-order valence-electron chi connectivity index (χ0n) is 11.7. The number of ether oxygens (including phenoxy) is 3. The molecule has 2 N–H and O–H groups in total. The average Bonchev–Trinajstić information content (AvgIpc) is 2.97. The molecule has 0 spiro atoms. The Morgan fingerprint density at radius 2 is 1.84 bits per heavy atom. The van der Waals surface area contributed by atoms with Crippen LogP contribution < -0.4 is 15.2 Å². The van der Waals surface area contributed by atoms with E-state index in [1.807, 2.05) is 18.2 Å². The highest BCUT2D eigenvalue weighted by molar-refractivity contribution is 5.43. The fourth-order valence-corrected chi connectivity index (χ4v) is 2.47. The molecule has 19 heavy (non-hydrogen) atoms. The minimum absolute atomic E-state index is 0.125. The molecule has 1 aromatic rings. The van der Waals surface area contributed by atoms with Crippen molar-refractivity contribution in [3.05, 3.63) is 23.8 Å². The zero-order valence-corrected chi connectivity index (χ0v) is 11.7. The van der Waals surface area contributed by atoms with Gasteiger partial charge >= 0.3 is 0 Å². The number of hydrogen-bond donors (Lipinski definition) is 1. The van der Waals surface area contributed by atoms with E-state index >= 15 is 0 Å². The van der Waals surface area contributed by atoms with E-state index < -0.39 is 0 Å². The Balaban J connectivity index is 1.95. The minimum Gasteiger partial charge on any atom is -0.493 e. The smallest absolute Gasteiger partial charge is 0.161 e. The fraction of sp³-hybridized carbons (Fsp3) is 0.600. The molecule has 1 atom stereocenters. The van der Waals surface area contributed by atoms with E-state index in [1.165, 1.54) is 25.7 Å². The van der Waals surface area contributed by atoms with Gasteiger partial charge in [0.25, 0.3) is 0 Å². The molecule has 4 heteroatoms. The van der Waals surface area contributed by atoms with Gasteiger partial charge in [0.05, 0.1) is 33.0 Å². The Bertz CT molecular complexity index is 402. The summed E-state index contributed by atoms with van der Waals surface area (Å²) >= 11 is 0. The summed E-state index contributed by atoms with van der Waals surface area (Å²) < 4.78 is 16.4. The van der Waals surface area contributed by atoms with E-state index in [4.69, 9.17) is 19.9 Å². The molecule has 0 aliphatic heterocycles. The van der Waals surface area contributed by atoms with Crippen molar-refractivity contribution in [1.29, 1.82) is 0 Å². The van der Waals surface area contributed by atoms with Crippen molar-refractivity contribution in [2.24, 2.45) is 5.73 Å². The molecule has 2 rings (SSSR count). The van der Waals surface area contributed by atoms with E-state index in [0.717, 1.165) is 11.3 Å². The van der Waals surface area contributed by atoms with E-state index in [9.17, 15) is 0 Å². The van der Waals surface area contributed by atoms with Crippen LogP contribution in [0.2, 0.25) is 0 Å². The lowest BCUT2D eigenvalue weighted by molar-refractivity contribution is 0.0489. The van der Waals surface area contributed by atoms with Gasteiger partial charge in [0, 0.05) is 0 Å². The molecular formula is C15H23NO3. The van der Waals surface area contributed by atoms with Crippen LogP contribution in [-0.2, 0) is 4.74 Å². The quantitative estimate of drug-likeness (QED) is 0.859. The molecule has 0 radical (unpaired) electrons. The van der Waals surface area contributed by atoms with Gasteiger partial charge in [0.1, 0.15) is 0 Å². The van der Waals surface area contributed by atoms with E-state index in [2.05, 4.69) is 0 Å². The predicted octanol–water partition coefficient (Wildman–Crippen LogP) is 2.66. The first-order valence-electron chi connectivity index (χ1n) is 6.83. The third kappa shape index (κ3) is 3.61. The second-order valence-corrected chi connectivity index (χ2v) is 4.96. The summed E-state index contributed by atoms with van der Waals surface area (Å²) in [5, 5.41) is 0. The maximum absolute atomic E-state index is 6.17. The number of methoxy groups -OCH3 is 2. The van der Waals surface area contributed by atoms with Crippen LogP contribution in [0.25, 0.3) is 0 Å². The largest absolute Gasteiger partial charge is 0.493 e. The summed E-state index contributed by atoms with van der Waals surface area (Å²) in [7, 11) is 3.25. The summed E-state index contributed by atoms with van der Waals surface area (Å²) in [6.45, 7) is 0.556. The maximum atomic E-state index is 6.17. The second-order valence-electron chi connectivity index (χ2n) is 4.96. The van der Waals surface area contributed by atoms with Gasteiger partial charge in [0.2, 0.25) is 0 Å². The Kier molecular flexibility index (Phi) is 5.05. The van der Waals surface area contributed by atoms with Gasteiger partial charge in [-0.2, -0.15) is 0 Å². The van der Waals surface area contributed by atoms with Gasteiger partial charge < -0.3 is 19.9 Å². The summed E-state index contributed by atoms with van der Waals surface area (Å²) in [6, 6.07) is 5.63. The second kappa shape index (κ2) is 6.78. The van der Waals surface area contributed by atoms with Crippen molar-refractivity contribution in [2.45, 2.75) is 37.8 Å². The summed E-state index contributed by atoms with van der Waals surface area (Å²) in [5.41, 5.74) is 7.18. The first-order chi connectivity index (χ1) is 9.24. The average molecular weight is 265 g/mol. The zero-order chi connectivity index (χ0) is 13.7. The highest BCUT2D eigenvalue weighted by Gasteiger charge is 2.17. The normalized spacial score (nSPS) is 17.4. The highest BCUT2D eigenvalue weighted by Crippen LogP contribution is 2.30. The molecule has 1 saturated carbocycles. The number of benzene rings is 1. The molecule has 0 heterocycles. The van der Waals surface area contributed by atoms with Crippen molar-refractivity contribution in [1.82, 2.24) is 0 Å². The van der Waals surface area contributed by atoms with Gasteiger partial charge in [-0.25, -0.2) is 0 Å². The molecule has 0 aromatic heterocycles. The standard InChI is InChI=1S/C15H23NO3/c1-17-14-8-7-11(9-15(14)18-2)13(16)10-19-12-5-3-4-6-12/h7-9,12-13H,3-6,10,16H2,1-2H3. The van der Waals surface area contributed by atoms with Crippen molar-refractivity contribution in [3.63, 3.8) is 0 Å². The van der Waals surface area contributed by atoms with Crippen LogP contribution in [0.1, 0.15) is 37.3 Å². The molecule has 1 aromatic carbocycles. The Morgan fingerprint density at radius 3 is 2.47 bits per heavy atom. The molecule has 106 valence electrons. The van der Waals surface area contributed by atoms with Crippen LogP contribution in [0.15, 0.2) is 18.2 Å². The monoisotopic (exact) mass is 265 g/mol. The maximum Gasteiger partial charge on any atom is 0.161 e. The molecule has 1 fully saturated rings. The first-order valence-corrected chi connectivity index (χ1v) is 6.83. The molecule has 1 aliphatic carbocycles. The Labute approximate surface area is 114 Å². The molecular weight excluding hydrogens is 242 g/mol. The van der Waals surface area contributed by atoms with Gasteiger partial charge in [0.15, 0.2) is 11.5 Å². The van der Waals surface area contributed by atoms with Crippen LogP contribution >= 0.6 is 0 Å². The highest BCUT2D eigenvalue weighted by atomic mass is 16.5. The predicted molar refractivity (Wildman–Crippen MR) is 74.7 cm³/mol. The molecule has 0 amide bonds. The van der Waals surface area contributed by atoms with Gasteiger partial charge in [-0.05, 0) is 30.5 Å². The first kappa shape index (κ1) is 14.2. The van der Waals surface area contributed by atoms with Crippen LogP contribution in [-0.4, -0.2) is 26.9 Å². The number of nitrogens with two attached hydrogens (primary N) is 1. The van der Waals surface area contributed by atoms with Crippen LogP contribution in [0.4, 0.5) is 0 Å². The van der Waals surface area contributed by atoms with Crippen molar-refractivity contribution in [2.75, 3.05) is 20.8 Å². The number of hydrogen-bond acceptors (Lipinski definition) is 4. The molecule has 0 saturated heterocycles. The van der Waals surface area contributed by atoms with Crippen LogP contribution in [0.5, 0.6) is 11.5 Å². The minimum atomic E-state index is -0.125. The van der Waals surface area contributed by atoms with Gasteiger partial charge in [-0.1, -0.05) is 18.9 Å². The fourth-order valence-electron chi connectivity index (χ4n) is 2.47. The van der Waals surface area contributed by atoms with Crippen molar-refractivity contribution in [3.8, 4) is 11.5 Å². The van der Waals surface area contributed by atoms with Crippen molar-refractivity contribution >= 4 is 0 Å². The lowest BCUT2D eigenvalue weighted by Crippen LogP contribution is -2.20. The summed E-state index contributed by atoms with van der Waals surface area (Å²) in [4.78, 5) is 0. The Hall–Kier alpha value is -1.26. The summed E-state index contributed by atoms with van der Waals surface area (Å²) in [6.07, 6.45) is 5.27. The molecule has 1 aliphatic rings. The third-order valence-electron chi connectivity index (χ3n) is 3.65. The number of rotatable bonds is 6. The third-order valence-corrected chi connectivity index (χ3v) is 3.65. The SMILES string of the molecule is COc1ccc(C(N)COC2CCCC2)cc1OC. The molecule has 0 bridgehead atoms. The molecule has 1 unspecified atom stereocenters. The van der Waals surface area contributed by atoms with E-state index in [0.29, 0.717) is 18.5 Å². The summed E-state index contributed by atoms with van der Waals surface area (Å²) in [5.74, 6) is 1.42. The van der Waals surface area contributed by atoms with E-state index in [1.54, 1.807) is 14.2 Å². The lowest BCUT2D eigenvalue weighted by Gasteiger charge is -2.18. The Morgan fingerprint density at radius 1 is 1.16 bits per heavy atom. The topological polar surface area (TPSA) is 53.7 Å². The van der Waals surface area contributed by atoms with Gasteiger partial charge in [-0.15, -0.1) is 0 Å². The van der Waals surface area contributed by atoms with Gasteiger partial charge in [-0.3, -0.25) is 0 Å². The van der Waals surface area contributed by atoms with Crippen LogP contribution in [0.3, 0.4) is 0 Å². The lowest BCUT2D eigenvalue weighted by atomic mass is 10.1. The molecule has 4 nitrogen and oxygen atoms in total. The van der Waals surface area contributed by atoms with Crippen LogP contribution in [0, 0.1) is 0 Å². The van der Waals surface area contributed by atoms with E-state index in [-0.39, 0.29) is 6.04 Å². The van der Waals surface area contributed by atoms with Crippen molar-refractivity contribution < 1.29 is 14.2 Å².